The third-order valence-electron chi connectivity index (χ3n) is 3.67. The summed E-state index contributed by atoms with van der Waals surface area (Å²) in [7, 11) is -3.38. The second kappa shape index (κ2) is 4.71. The van der Waals surface area contributed by atoms with Crippen LogP contribution < -0.4 is 4.90 Å². The van der Waals surface area contributed by atoms with E-state index in [4.69, 9.17) is 4.18 Å². The van der Waals surface area contributed by atoms with Crippen LogP contribution in [-0.4, -0.2) is 38.3 Å². The molecule has 3 atom stereocenters. The van der Waals surface area contributed by atoms with Crippen molar-refractivity contribution in [3.8, 4) is 0 Å². The molecule has 1 aromatic heterocycles. The summed E-state index contributed by atoms with van der Waals surface area (Å²) in [6, 6.07) is 2.65. The molecule has 0 N–H and O–H groups in total. The summed E-state index contributed by atoms with van der Waals surface area (Å²) in [5, 5.41) is 0. The van der Waals surface area contributed by atoms with Gasteiger partial charge >= 0.3 is 0 Å². The topological polar surface area (TPSA) is 59.5 Å². The molecule has 1 aromatic rings. The van der Waals surface area contributed by atoms with Gasteiger partial charge in [0.2, 0.25) is 0 Å². The molecule has 5 nitrogen and oxygen atoms in total. The number of hydrogen-bond acceptors (Lipinski definition) is 5. The predicted octanol–water partition coefficient (Wildman–Crippen LogP) is 1.79. The third kappa shape index (κ3) is 2.93. The predicted molar refractivity (Wildman–Crippen MR) is 75.5 cm³/mol. The first-order valence-electron chi connectivity index (χ1n) is 6.17. The molecule has 7 heteroatoms. The maximum atomic E-state index is 11.1. The Balaban J connectivity index is 1.78. The van der Waals surface area contributed by atoms with Crippen LogP contribution in [0.15, 0.2) is 22.9 Å². The van der Waals surface area contributed by atoms with Crippen molar-refractivity contribution in [2.24, 2.45) is 5.92 Å². The average Bonchev–Trinajstić information content (AvgIpc) is 2.97. The monoisotopic (exact) mass is 346 g/mol. The van der Waals surface area contributed by atoms with Gasteiger partial charge in [0, 0.05) is 16.7 Å². The van der Waals surface area contributed by atoms with Gasteiger partial charge in [-0.3, -0.25) is 9.17 Å². The molecule has 2 aliphatic rings. The number of rotatable bonds is 4. The van der Waals surface area contributed by atoms with Gasteiger partial charge in [0.05, 0.1) is 30.8 Å². The average molecular weight is 347 g/mol. The summed E-state index contributed by atoms with van der Waals surface area (Å²) in [5.74, 6) is 0.673. The van der Waals surface area contributed by atoms with E-state index in [1.54, 1.807) is 6.20 Å². The molecular formula is C12H15BrN2O3S. The number of piperidine rings is 1. The van der Waals surface area contributed by atoms with Crippen molar-refractivity contribution in [2.75, 3.05) is 17.8 Å². The van der Waals surface area contributed by atoms with Crippen molar-refractivity contribution in [3.05, 3.63) is 22.9 Å². The lowest BCUT2D eigenvalue weighted by Gasteiger charge is -2.29. The van der Waals surface area contributed by atoms with E-state index in [0.29, 0.717) is 12.0 Å². The number of pyridine rings is 1. The Hall–Kier alpha value is -0.660. The van der Waals surface area contributed by atoms with Crippen LogP contribution in [0.3, 0.4) is 0 Å². The lowest BCUT2D eigenvalue weighted by Crippen LogP contribution is -2.37. The molecule has 19 heavy (non-hydrogen) atoms. The number of nitrogens with zero attached hydrogens (tertiary/aromatic N) is 2. The SMILES string of the molecule is CS(=O)(=O)OCC1CC2CC2N1c1cncc(Br)c1. The maximum Gasteiger partial charge on any atom is 0.264 e. The van der Waals surface area contributed by atoms with E-state index < -0.39 is 10.1 Å². The summed E-state index contributed by atoms with van der Waals surface area (Å²) in [6.45, 7) is 0.221. The molecule has 0 amide bonds. The molecule has 0 bridgehead atoms. The first-order chi connectivity index (χ1) is 8.94. The highest BCUT2D eigenvalue weighted by molar-refractivity contribution is 9.10. The smallest absolute Gasteiger partial charge is 0.264 e. The largest absolute Gasteiger partial charge is 0.362 e. The molecule has 2 heterocycles. The van der Waals surface area contributed by atoms with Gasteiger partial charge in [0.1, 0.15) is 0 Å². The van der Waals surface area contributed by atoms with Crippen molar-refractivity contribution in [1.82, 2.24) is 4.98 Å². The normalized spacial score (nSPS) is 29.4. The quantitative estimate of drug-likeness (QED) is 0.778. The highest BCUT2D eigenvalue weighted by atomic mass is 79.9. The number of aromatic nitrogens is 1. The Bertz CT molecular complexity index is 592. The van der Waals surface area contributed by atoms with Gasteiger partial charge in [-0.25, -0.2) is 0 Å². The van der Waals surface area contributed by atoms with Crippen molar-refractivity contribution in [1.29, 1.82) is 0 Å². The molecule has 0 spiro atoms. The maximum absolute atomic E-state index is 11.1. The lowest BCUT2D eigenvalue weighted by atomic mass is 10.2. The highest BCUT2D eigenvalue weighted by Gasteiger charge is 2.52. The van der Waals surface area contributed by atoms with Crippen LogP contribution in [0.4, 0.5) is 5.69 Å². The van der Waals surface area contributed by atoms with Gasteiger partial charge in [0.15, 0.2) is 0 Å². The van der Waals surface area contributed by atoms with Gasteiger partial charge in [-0.1, -0.05) is 0 Å². The zero-order chi connectivity index (χ0) is 13.6. The van der Waals surface area contributed by atoms with E-state index in [0.717, 1.165) is 22.8 Å². The van der Waals surface area contributed by atoms with Gasteiger partial charge < -0.3 is 4.90 Å². The molecule has 0 radical (unpaired) electrons. The third-order valence-corrected chi connectivity index (χ3v) is 4.67. The van der Waals surface area contributed by atoms with Crippen LogP contribution in [-0.2, 0) is 14.3 Å². The zero-order valence-electron chi connectivity index (χ0n) is 10.5. The fourth-order valence-electron chi connectivity index (χ4n) is 2.85. The van der Waals surface area contributed by atoms with Crippen molar-refractivity contribution < 1.29 is 12.6 Å². The molecule has 1 saturated heterocycles. The minimum Gasteiger partial charge on any atom is -0.362 e. The van der Waals surface area contributed by atoms with Crippen LogP contribution in [0.5, 0.6) is 0 Å². The van der Waals surface area contributed by atoms with E-state index in [1.807, 2.05) is 12.3 Å². The molecule has 0 aromatic carbocycles. The van der Waals surface area contributed by atoms with E-state index >= 15 is 0 Å². The molecule has 104 valence electrons. The first kappa shape index (κ1) is 13.3. The van der Waals surface area contributed by atoms with Gasteiger partial charge in [-0.2, -0.15) is 8.42 Å². The van der Waals surface area contributed by atoms with Crippen LogP contribution >= 0.6 is 15.9 Å². The first-order valence-corrected chi connectivity index (χ1v) is 8.78. The molecule has 2 fully saturated rings. The number of anilines is 1. The Kier molecular flexibility index (Phi) is 3.31. The molecule has 1 saturated carbocycles. The zero-order valence-corrected chi connectivity index (χ0v) is 12.9. The standard InChI is InChI=1S/C12H15BrN2O3S/c1-19(16,17)18-7-11-2-8-3-12(8)15(11)10-4-9(13)5-14-6-10/h4-6,8,11-12H,2-3,7H2,1H3. The molecular weight excluding hydrogens is 332 g/mol. The van der Waals surface area contributed by atoms with Crippen LogP contribution in [0.1, 0.15) is 12.8 Å². The Morgan fingerprint density at radius 1 is 1.47 bits per heavy atom. The molecule has 3 unspecified atom stereocenters. The van der Waals surface area contributed by atoms with Crippen molar-refractivity contribution >= 4 is 31.7 Å². The Morgan fingerprint density at radius 2 is 2.26 bits per heavy atom. The fourth-order valence-corrected chi connectivity index (χ4v) is 3.61. The summed E-state index contributed by atoms with van der Waals surface area (Å²) in [5.41, 5.74) is 1.03. The van der Waals surface area contributed by atoms with E-state index in [2.05, 4.69) is 25.8 Å². The minimum atomic E-state index is -3.38. The second-order valence-electron chi connectivity index (χ2n) is 5.21. The summed E-state index contributed by atoms with van der Waals surface area (Å²) >= 11 is 3.42. The van der Waals surface area contributed by atoms with Crippen LogP contribution in [0.25, 0.3) is 0 Å². The molecule has 3 rings (SSSR count). The Labute approximate surface area is 121 Å². The lowest BCUT2D eigenvalue weighted by molar-refractivity contribution is 0.288. The molecule has 1 aliphatic carbocycles. The minimum absolute atomic E-state index is 0.120. The van der Waals surface area contributed by atoms with Crippen LogP contribution in [0.2, 0.25) is 0 Å². The summed E-state index contributed by atoms with van der Waals surface area (Å²) in [4.78, 5) is 6.44. The van der Waals surface area contributed by atoms with Crippen molar-refractivity contribution in [2.45, 2.75) is 24.9 Å². The van der Waals surface area contributed by atoms with Crippen LogP contribution in [0, 0.1) is 5.92 Å². The fraction of sp³-hybridized carbons (Fsp3) is 0.583. The van der Waals surface area contributed by atoms with Gasteiger partial charge in [0.25, 0.3) is 10.1 Å². The van der Waals surface area contributed by atoms with Gasteiger partial charge in [-0.15, -0.1) is 0 Å². The van der Waals surface area contributed by atoms with E-state index in [9.17, 15) is 8.42 Å². The number of halogens is 1. The highest BCUT2D eigenvalue weighted by Crippen LogP contribution is 2.49. The second-order valence-corrected chi connectivity index (χ2v) is 7.77. The summed E-state index contributed by atoms with van der Waals surface area (Å²) in [6.07, 6.45) is 6.83. The summed E-state index contributed by atoms with van der Waals surface area (Å²) < 4.78 is 28.1. The van der Waals surface area contributed by atoms with E-state index in [1.165, 1.54) is 6.42 Å². The van der Waals surface area contributed by atoms with E-state index in [-0.39, 0.29) is 12.6 Å². The van der Waals surface area contributed by atoms with Crippen molar-refractivity contribution in [3.63, 3.8) is 0 Å². The van der Waals surface area contributed by atoms with Gasteiger partial charge in [-0.05, 0) is 40.8 Å². The number of fused-ring (bicyclic) bond motifs is 1. The molecule has 1 aliphatic heterocycles. The Morgan fingerprint density at radius 3 is 2.95 bits per heavy atom. The number of hydrogen-bond donors (Lipinski definition) is 0.